The number of nitro groups is 1. The minimum Gasteiger partial charge on any atom is -0.352 e. The van der Waals surface area contributed by atoms with E-state index in [-0.39, 0.29) is 10.6 Å². The van der Waals surface area contributed by atoms with Crippen molar-refractivity contribution >= 4 is 44.3 Å². The summed E-state index contributed by atoms with van der Waals surface area (Å²) in [4.78, 5) is 32.6. The molecule has 9 nitrogen and oxygen atoms in total. The number of hydrogen-bond acceptors (Lipinski definition) is 7. The fraction of sp³-hybridized carbons (Fsp3) is 0.208. The average molecular weight is 439 g/mol. The molecule has 0 unspecified atom stereocenters. The third-order valence-electron chi connectivity index (χ3n) is 6.27. The first-order chi connectivity index (χ1) is 16.2. The number of nitrogens with one attached hydrogen (secondary N) is 1. The van der Waals surface area contributed by atoms with Crippen LogP contribution in [0.2, 0.25) is 0 Å². The minimum atomic E-state index is -0.385. The number of benzene rings is 2. The lowest BCUT2D eigenvalue weighted by Gasteiger charge is -2.35. The zero-order valence-corrected chi connectivity index (χ0v) is 17.8. The fourth-order valence-electron chi connectivity index (χ4n) is 4.56. The van der Waals surface area contributed by atoms with Crippen LogP contribution in [0.1, 0.15) is 5.69 Å². The molecule has 0 radical (unpaired) electrons. The second-order valence-corrected chi connectivity index (χ2v) is 8.29. The Labute approximate surface area is 188 Å². The van der Waals surface area contributed by atoms with Crippen LogP contribution in [-0.2, 0) is 6.54 Å². The Morgan fingerprint density at radius 1 is 1.00 bits per heavy atom. The highest BCUT2D eigenvalue weighted by Crippen LogP contribution is 2.31. The Morgan fingerprint density at radius 3 is 2.70 bits per heavy atom. The van der Waals surface area contributed by atoms with E-state index in [1.54, 1.807) is 12.1 Å². The summed E-state index contributed by atoms with van der Waals surface area (Å²) in [6.45, 7) is 4.26. The summed E-state index contributed by atoms with van der Waals surface area (Å²) in [5, 5.41) is 13.1. The number of aromatic nitrogens is 4. The molecule has 3 aromatic heterocycles. The molecule has 6 rings (SSSR count). The summed E-state index contributed by atoms with van der Waals surface area (Å²) < 4.78 is 0. The van der Waals surface area contributed by atoms with Crippen LogP contribution in [-0.4, -0.2) is 55.9 Å². The molecule has 2 aromatic carbocycles. The second-order valence-electron chi connectivity index (χ2n) is 8.29. The Balaban J connectivity index is 1.22. The quantitative estimate of drug-likeness (QED) is 0.335. The number of anilines is 1. The van der Waals surface area contributed by atoms with Crippen LogP contribution in [0.5, 0.6) is 0 Å². The predicted octanol–water partition coefficient (Wildman–Crippen LogP) is 3.89. The van der Waals surface area contributed by atoms with Crippen molar-refractivity contribution in [2.24, 2.45) is 0 Å². The van der Waals surface area contributed by atoms with Crippen molar-refractivity contribution in [2.45, 2.75) is 6.54 Å². The number of pyridine rings is 1. The number of H-pyrrole nitrogens is 1. The van der Waals surface area contributed by atoms with Gasteiger partial charge in [0.1, 0.15) is 17.4 Å². The van der Waals surface area contributed by atoms with Crippen LogP contribution in [0.15, 0.2) is 60.9 Å². The van der Waals surface area contributed by atoms with Gasteiger partial charge in [-0.15, -0.1) is 0 Å². The molecule has 164 valence electrons. The molecule has 0 saturated carbocycles. The third kappa shape index (κ3) is 3.52. The smallest absolute Gasteiger partial charge is 0.270 e. The first-order valence-corrected chi connectivity index (χ1v) is 10.9. The maximum Gasteiger partial charge on any atom is 0.270 e. The van der Waals surface area contributed by atoms with Crippen LogP contribution >= 0.6 is 0 Å². The van der Waals surface area contributed by atoms with Gasteiger partial charge in [-0.1, -0.05) is 24.3 Å². The van der Waals surface area contributed by atoms with Crippen molar-refractivity contribution in [2.75, 3.05) is 31.1 Å². The topological polar surface area (TPSA) is 104 Å². The number of para-hydroxylation sites is 1. The van der Waals surface area contributed by atoms with Crippen molar-refractivity contribution in [3.8, 4) is 0 Å². The van der Waals surface area contributed by atoms with Crippen LogP contribution in [0.25, 0.3) is 32.8 Å². The largest absolute Gasteiger partial charge is 0.352 e. The Bertz CT molecular complexity index is 1510. The number of hydrogen-bond donors (Lipinski definition) is 1. The highest BCUT2D eigenvalue weighted by Gasteiger charge is 2.22. The second kappa shape index (κ2) is 7.79. The Morgan fingerprint density at radius 2 is 1.85 bits per heavy atom. The molecule has 1 N–H and O–H groups in total. The van der Waals surface area contributed by atoms with E-state index in [0.29, 0.717) is 5.52 Å². The molecule has 9 heteroatoms. The number of fused-ring (bicyclic) bond motifs is 4. The van der Waals surface area contributed by atoms with Crippen LogP contribution < -0.4 is 4.90 Å². The molecule has 0 bridgehead atoms. The van der Waals surface area contributed by atoms with Gasteiger partial charge in [-0.25, -0.2) is 9.97 Å². The lowest BCUT2D eigenvalue weighted by atomic mass is 10.2. The van der Waals surface area contributed by atoms with Gasteiger partial charge in [0.25, 0.3) is 5.69 Å². The summed E-state index contributed by atoms with van der Waals surface area (Å²) in [5.74, 6) is 0.835. The van der Waals surface area contributed by atoms with Crippen molar-refractivity contribution < 1.29 is 4.92 Å². The molecule has 1 aliphatic rings. The van der Waals surface area contributed by atoms with Crippen molar-refractivity contribution in [1.29, 1.82) is 0 Å². The van der Waals surface area contributed by atoms with E-state index in [9.17, 15) is 10.1 Å². The van der Waals surface area contributed by atoms with E-state index >= 15 is 0 Å². The summed E-state index contributed by atoms with van der Waals surface area (Å²) in [5.41, 5.74) is 4.50. The van der Waals surface area contributed by atoms with E-state index in [1.807, 2.05) is 18.2 Å². The number of nitro benzene ring substituents is 1. The summed E-state index contributed by atoms with van der Waals surface area (Å²) >= 11 is 0. The van der Waals surface area contributed by atoms with Gasteiger partial charge in [0.15, 0.2) is 5.82 Å². The number of nitrogens with zero attached hydrogens (tertiary/aromatic N) is 6. The molecule has 33 heavy (non-hydrogen) atoms. The molecule has 4 heterocycles. The maximum atomic E-state index is 11.2. The standard InChI is InChI=1S/C24H21N7O2/c32-31(33)18-7-8-21-19(13-18)22-23(28-21)24(26-15-25-22)30-11-9-29(10-12-30)14-17-6-5-16-3-1-2-4-20(16)27-17/h1-8,13,15,28H,9-12,14H2. The Hall–Kier alpha value is -4.11. The average Bonchev–Trinajstić information content (AvgIpc) is 3.22. The monoisotopic (exact) mass is 439 g/mol. The molecule has 0 spiro atoms. The van der Waals surface area contributed by atoms with Gasteiger partial charge in [-0.3, -0.25) is 20.0 Å². The van der Waals surface area contributed by atoms with Crippen LogP contribution in [0, 0.1) is 10.1 Å². The number of aromatic amines is 1. The van der Waals surface area contributed by atoms with Gasteiger partial charge in [0.2, 0.25) is 0 Å². The SMILES string of the molecule is O=[N+]([O-])c1ccc2[nH]c3c(N4CCN(Cc5ccc6ccccc6n5)CC4)ncnc3c2c1. The first kappa shape index (κ1) is 19.6. The summed E-state index contributed by atoms with van der Waals surface area (Å²) in [6.07, 6.45) is 1.54. The van der Waals surface area contributed by atoms with E-state index in [1.165, 1.54) is 12.4 Å². The van der Waals surface area contributed by atoms with E-state index in [4.69, 9.17) is 4.98 Å². The van der Waals surface area contributed by atoms with Crippen molar-refractivity contribution in [3.05, 3.63) is 76.7 Å². The first-order valence-electron chi connectivity index (χ1n) is 10.9. The van der Waals surface area contributed by atoms with Crippen molar-refractivity contribution in [3.63, 3.8) is 0 Å². The van der Waals surface area contributed by atoms with Gasteiger partial charge in [-0.2, -0.15) is 0 Å². The Kier molecular flexibility index (Phi) is 4.62. The molecular formula is C24H21N7O2. The minimum absolute atomic E-state index is 0.0551. The fourth-order valence-corrected chi connectivity index (χ4v) is 4.56. The zero-order valence-electron chi connectivity index (χ0n) is 17.8. The molecule has 1 aliphatic heterocycles. The van der Waals surface area contributed by atoms with E-state index in [0.717, 1.165) is 71.6 Å². The van der Waals surface area contributed by atoms with Crippen molar-refractivity contribution in [1.82, 2.24) is 24.8 Å². The van der Waals surface area contributed by atoms with E-state index < -0.39 is 0 Å². The molecule has 5 aromatic rings. The van der Waals surface area contributed by atoms with Gasteiger partial charge < -0.3 is 9.88 Å². The maximum absolute atomic E-state index is 11.2. The van der Waals surface area contributed by atoms with Gasteiger partial charge in [0, 0.05) is 61.1 Å². The lowest BCUT2D eigenvalue weighted by Crippen LogP contribution is -2.46. The number of piperazine rings is 1. The number of rotatable bonds is 4. The number of non-ortho nitro benzene ring substituents is 1. The summed E-state index contributed by atoms with van der Waals surface area (Å²) in [6, 6.07) is 17.2. The molecule has 1 saturated heterocycles. The van der Waals surface area contributed by atoms with Gasteiger partial charge in [-0.05, 0) is 18.2 Å². The van der Waals surface area contributed by atoms with Gasteiger partial charge in [0.05, 0.1) is 16.1 Å². The zero-order chi connectivity index (χ0) is 22.4. The normalized spacial score (nSPS) is 15.0. The summed E-state index contributed by atoms with van der Waals surface area (Å²) in [7, 11) is 0. The lowest BCUT2D eigenvalue weighted by molar-refractivity contribution is -0.384. The van der Waals surface area contributed by atoms with Crippen LogP contribution in [0.4, 0.5) is 11.5 Å². The third-order valence-corrected chi connectivity index (χ3v) is 6.27. The van der Waals surface area contributed by atoms with E-state index in [2.05, 4.69) is 43.0 Å². The molecule has 0 amide bonds. The van der Waals surface area contributed by atoms with Crippen LogP contribution in [0.3, 0.4) is 0 Å². The molecule has 1 fully saturated rings. The highest BCUT2D eigenvalue weighted by molar-refractivity contribution is 6.08. The molecule has 0 atom stereocenters. The molecule has 0 aliphatic carbocycles. The predicted molar refractivity (Wildman–Crippen MR) is 127 cm³/mol. The highest BCUT2D eigenvalue weighted by atomic mass is 16.6. The van der Waals surface area contributed by atoms with Gasteiger partial charge >= 0.3 is 0 Å². The molecular weight excluding hydrogens is 418 g/mol.